The predicted octanol–water partition coefficient (Wildman–Crippen LogP) is 0.581. The van der Waals surface area contributed by atoms with Crippen molar-refractivity contribution in [2.24, 2.45) is 5.92 Å². The molecule has 2 aromatic rings. The van der Waals surface area contributed by atoms with E-state index in [-0.39, 0.29) is 5.92 Å². The second-order valence-electron chi connectivity index (χ2n) is 5.16. The van der Waals surface area contributed by atoms with Crippen molar-refractivity contribution in [3.05, 3.63) is 48.5 Å². The van der Waals surface area contributed by atoms with Crippen molar-refractivity contribution >= 4 is 10.0 Å². The molecule has 0 aliphatic carbocycles. The summed E-state index contributed by atoms with van der Waals surface area (Å²) in [5, 5.41) is 3.30. The van der Waals surface area contributed by atoms with Gasteiger partial charge < -0.3 is 9.88 Å². The molecule has 1 atom stereocenters. The number of hydrogen-bond acceptors (Lipinski definition) is 4. The molecule has 6 nitrogen and oxygen atoms in total. The monoisotopic (exact) mass is 306 g/mol. The van der Waals surface area contributed by atoms with Crippen LogP contribution in [-0.2, 0) is 23.1 Å². The van der Waals surface area contributed by atoms with Gasteiger partial charge in [0.15, 0.2) is 0 Å². The van der Waals surface area contributed by atoms with Gasteiger partial charge in [-0.25, -0.2) is 18.1 Å². The number of aromatic nitrogens is 2. The van der Waals surface area contributed by atoms with Crippen molar-refractivity contribution in [1.82, 2.24) is 19.6 Å². The highest BCUT2D eigenvalue weighted by atomic mass is 32.2. The molecular weight excluding hydrogens is 288 g/mol. The number of rotatable bonds is 4. The standard InChI is InChI=1S/C14H18N4O2S/c19-21(20,13-4-2-1-3-5-13)17-9-12-8-15-10-14-16-6-7-18(14)11-12/h1-7,12,15,17H,8-11H2. The highest BCUT2D eigenvalue weighted by Crippen LogP contribution is 2.11. The second kappa shape index (κ2) is 5.97. The summed E-state index contributed by atoms with van der Waals surface area (Å²) < 4.78 is 29.2. The Morgan fingerprint density at radius 2 is 2.14 bits per heavy atom. The number of fused-ring (bicyclic) bond motifs is 1. The summed E-state index contributed by atoms with van der Waals surface area (Å²) in [7, 11) is -3.44. The lowest BCUT2D eigenvalue weighted by Crippen LogP contribution is -2.34. The topological polar surface area (TPSA) is 76.0 Å². The minimum Gasteiger partial charge on any atom is -0.333 e. The third kappa shape index (κ3) is 3.31. The molecule has 2 N–H and O–H groups in total. The molecule has 0 bridgehead atoms. The van der Waals surface area contributed by atoms with Crippen LogP contribution in [0.5, 0.6) is 0 Å². The number of benzene rings is 1. The molecule has 1 unspecified atom stereocenters. The van der Waals surface area contributed by atoms with Crippen LogP contribution in [0.15, 0.2) is 47.6 Å². The fourth-order valence-electron chi connectivity index (χ4n) is 2.45. The molecule has 1 aromatic carbocycles. The maximum Gasteiger partial charge on any atom is 0.240 e. The number of nitrogens with zero attached hydrogens (tertiary/aromatic N) is 2. The lowest BCUT2D eigenvalue weighted by molar-refractivity contribution is 0.435. The van der Waals surface area contributed by atoms with Crippen LogP contribution in [-0.4, -0.2) is 31.1 Å². The van der Waals surface area contributed by atoms with Crippen LogP contribution in [0.2, 0.25) is 0 Å². The maximum absolute atomic E-state index is 12.2. The zero-order chi connectivity index (χ0) is 14.7. The molecule has 0 amide bonds. The summed E-state index contributed by atoms with van der Waals surface area (Å²) in [5.74, 6) is 1.18. The lowest BCUT2D eigenvalue weighted by Gasteiger charge is -2.16. The van der Waals surface area contributed by atoms with Gasteiger partial charge in [0, 0.05) is 37.9 Å². The average molecular weight is 306 g/mol. The van der Waals surface area contributed by atoms with Crippen LogP contribution in [0.4, 0.5) is 0 Å². The largest absolute Gasteiger partial charge is 0.333 e. The highest BCUT2D eigenvalue weighted by molar-refractivity contribution is 7.89. The molecule has 21 heavy (non-hydrogen) atoms. The first-order valence-corrected chi connectivity index (χ1v) is 8.39. The summed E-state index contributed by atoms with van der Waals surface area (Å²) >= 11 is 0. The van der Waals surface area contributed by atoms with E-state index >= 15 is 0 Å². The Labute approximate surface area is 124 Å². The van der Waals surface area contributed by atoms with Crippen LogP contribution in [0.25, 0.3) is 0 Å². The molecule has 0 saturated heterocycles. The Balaban J connectivity index is 1.65. The van der Waals surface area contributed by atoms with E-state index in [9.17, 15) is 8.42 Å². The molecule has 1 aliphatic heterocycles. The van der Waals surface area contributed by atoms with Crippen molar-refractivity contribution in [3.8, 4) is 0 Å². The predicted molar refractivity (Wildman–Crippen MR) is 79.1 cm³/mol. The second-order valence-corrected chi connectivity index (χ2v) is 6.92. The van der Waals surface area contributed by atoms with Gasteiger partial charge in [-0.3, -0.25) is 0 Å². The Bertz CT molecular complexity index is 697. The Morgan fingerprint density at radius 3 is 2.95 bits per heavy atom. The van der Waals surface area contributed by atoms with E-state index in [0.717, 1.165) is 25.5 Å². The van der Waals surface area contributed by atoms with Crippen molar-refractivity contribution in [2.45, 2.75) is 18.0 Å². The van der Waals surface area contributed by atoms with Crippen molar-refractivity contribution in [2.75, 3.05) is 13.1 Å². The first-order chi connectivity index (χ1) is 10.1. The third-order valence-corrected chi connectivity index (χ3v) is 5.03. The van der Waals surface area contributed by atoms with E-state index in [0.29, 0.717) is 11.4 Å². The quantitative estimate of drug-likeness (QED) is 0.866. The van der Waals surface area contributed by atoms with E-state index in [2.05, 4.69) is 19.6 Å². The number of hydrogen-bond donors (Lipinski definition) is 2. The van der Waals surface area contributed by atoms with Gasteiger partial charge in [0.25, 0.3) is 0 Å². The Morgan fingerprint density at radius 1 is 1.33 bits per heavy atom. The first-order valence-electron chi connectivity index (χ1n) is 6.90. The Kier molecular flexibility index (Phi) is 4.05. The maximum atomic E-state index is 12.2. The number of imidazole rings is 1. The number of sulfonamides is 1. The van der Waals surface area contributed by atoms with Gasteiger partial charge in [0.05, 0.1) is 11.4 Å². The van der Waals surface area contributed by atoms with E-state index in [1.165, 1.54) is 0 Å². The van der Waals surface area contributed by atoms with Gasteiger partial charge in [0.1, 0.15) is 5.82 Å². The molecular formula is C14H18N4O2S. The molecule has 7 heteroatoms. The van der Waals surface area contributed by atoms with Crippen molar-refractivity contribution < 1.29 is 8.42 Å². The number of nitrogens with one attached hydrogen (secondary N) is 2. The molecule has 1 aromatic heterocycles. The van der Waals surface area contributed by atoms with Crippen LogP contribution in [0, 0.1) is 5.92 Å². The van der Waals surface area contributed by atoms with Crippen LogP contribution < -0.4 is 10.0 Å². The first kappa shape index (κ1) is 14.2. The Hall–Kier alpha value is -1.70. The van der Waals surface area contributed by atoms with Gasteiger partial charge in [-0.2, -0.15) is 0 Å². The fourth-order valence-corrected chi connectivity index (χ4v) is 3.59. The van der Waals surface area contributed by atoms with E-state index < -0.39 is 10.0 Å². The van der Waals surface area contributed by atoms with Gasteiger partial charge in [0.2, 0.25) is 10.0 Å². The smallest absolute Gasteiger partial charge is 0.240 e. The summed E-state index contributed by atoms with van der Waals surface area (Å²) in [5.41, 5.74) is 0. The summed E-state index contributed by atoms with van der Waals surface area (Å²) in [4.78, 5) is 4.57. The van der Waals surface area contributed by atoms with Crippen LogP contribution >= 0.6 is 0 Å². The van der Waals surface area contributed by atoms with Gasteiger partial charge in [-0.05, 0) is 12.1 Å². The van der Waals surface area contributed by atoms with E-state index in [4.69, 9.17) is 0 Å². The normalized spacial score (nSPS) is 19.0. The molecule has 2 heterocycles. The van der Waals surface area contributed by atoms with Gasteiger partial charge in [-0.15, -0.1) is 0 Å². The average Bonchev–Trinajstić information content (AvgIpc) is 2.84. The van der Waals surface area contributed by atoms with E-state index in [1.807, 2.05) is 6.20 Å². The third-order valence-electron chi connectivity index (χ3n) is 3.59. The SMILES string of the molecule is O=S(=O)(NCC1CNCc2nccn2C1)c1ccccc1. The van der Waals surface area contributed by atoms with Crippen LogP contribution in [0.1, 0.15) is 5.82 Å². The molecule has 112 valence electrons. The van der Waals surface area contributed by atoms with Crippen molar-refractivity contribution in [3.63, 3.8) is 0 Å². The summed E-state index contributed by atoms with van der Waals surface area (Å²) in [6.07, 6.45) is 3.70. The molecule has 0 radical (unpaired) electrons. The van der Waals surface area contributed by atoms with Gasteiger partial charge in [-0.1, -0.05) is 18.2 Å². The molecule has 3 rings (SSSR count). The minimum atomic E-state index is -3.44. The van der Waals surface area contributed by atoms with E-state index in [1.54, 1.807) is 36.5 Å². The lowest BCUT2D eigenvalue weighted by atomic mass is 10.1. The fraction of sp³-hybridized carbons (Fsp3) is 0.357. The summed E-state index contributed by atoms with van der Waals surface area (Å²) in [6, 6.07) is 8.44. The molecule has 0 saturated carbocycles. The molecule has 0 fully saturated rings. The zero-order valence-corrected chi connectivity index (χ0v) is 12.4. The molecule has 0 spiro atoms. The summed E-state index contributed by atoms with van der Waals surface area (Å²) in [6.45, 7) is 2.65. The highest BCUT2D eigenvalue weighted by Gasteiger charge is 2.19. The molecule has 1 aliphatic rings. The zero-order valence-electron chi connectivity index (χ0n) is 11.6. The van der Waals surface area contributed by atoms with Crippen molar-refractivity contribution in [1.29, 1.82) is 0 Å². The van der Waals surface area contributed by atoms with Gasteiger partial charge >= 0.3 is 0 Å². The van der Waals surface area contributed by atoms with Crippen LogP contribution in [0.3, 0.4) is 0 Å². The minimum absolute atomic E-state index is 0.193.